The van der Waals surface area contributed by atoms with Crippen LogP contribution in [0.4, 0.5) is 13.2 Å². The Hall–Kier alpha value is -0.780. The number of hydrogen-bond donors (Lipinski definition) is 1. The molecule has 0 saturated carbocycles. The molecule has 0 aromatic carbocycles. The van der Waals surface area contributed by atoms with Crippen LogP contribution in [0.25, 0.3) is 0 Å². The maximum atomic E-state index is 12.0. The number of nitrogens with one attached hydrogen (secondary N) is 1. The van der Waals surface area contributed by atoms with Crippen LogP contribution in [-0.2, 0) is 4.79 Å². The van der Waals surface area contributed by atoms with Crippen molar-refractivity contribution in [2.24, 2.45) is 0 Å². The van der Waals surface area contributed by atoms with Crippen molar-refractivity contribution in [3.8, 4) is 0 Å². The van der Waals surface area contributed by atoms with Gasteiger partial charge in [0.05, 0.1) is 12.7 Å². The standard InChI is InChI=1S/C11H19F3N2O/c1-2-3-5-9-10(17)16(8-15-9)7-4-6-11(12,13)14/h9,15H,2-8H2,1H3. The van der Waals surface area contributed by atoms with Crippen LogP contribution >= 0.6 is 0 Å². The van der Waals surface area contributed by atoms with E-state index >= 15 is 0 Å². The van der Waals surface area contributed by atoms with Crippen molar-refractivity contribution in [3.05, 3.63) is 0 Å². The van der Waals surface area contributed by atoms with Gasteiger partial charge in [0.1, 0.15) is 0 Å². The fourth-order valence-corrected chi connectivity index (χ4v) is 1.90. The van der Waals surface area contributed by atoms with E-state index in [4.69, 9.17) is 0 Å². The summed E-state index contributed by atoms with van der Waals surface area (Å²) < 4.78 is 35.9. The molecule has 1 amide bonds. The molecule has 1 rings (SSSR count). The van der Waals surface area contributed by atoms with Crippen molar-refractivity contribution in [2.45, 2.75) is 51.2 Å². The number of alkyl halides is 3. The topological polar surface area (TPSA) is 32.3 Å². The number of hydrogen-bond acceptors (Lipinski definition) is 2. The summed E-state index contributed by atoms with van der Waals surface area (Å²) in [6.45, 7) is 2.61. The molecule has 0 aromatic rings. The number of rotatable bonds is 6. The predicted molar refractivity (Wildman–Crippen MR) is 58.3 cm³/mol. The minimum Gasteiger partial charge on any atom is -0.329 e. The minimum absolute atomic E-state index is 0.0165. The molecule has 0 aromatic heterocycles. The first-order chi connectivity index (χ1) is 7.94. The molecule has 1 fully saturated rings. The molecule has 1 atom stereocenters. The van der Waals surface area contributed by atoms with E-state index in [9.17, 15) is 18.0 Å². The lowest BCUT2D eigenvalue weighted by molar-refractivity contribution is -0.139. The maximum Gasteiger partial charge on any atom is 0.389 e. The summed E-state index contributed by atoms with van der Waals surface area (Å²) in [7, 11) is 0. The molecule has 1 heterocycles. The first-order valence-electron chi connectivity index (χ1n) is 6.03. The number of amides is 1. The van der Waals surface area contributed by atoms with E-state index in [1.54, 1.807) is 0 Å². The van der Waals surface area contributed by atoms with Crippen LogP contribution in [0, 0.1) is 0 Å². The molecule has 17 heavy (non-hydrogen) atoms. The summed E-state index contributed by atoms with van der Waals surface area (Å²) in [5.41, 5.74) is 0. The zero-order valence-electron chi connectivity index (χ0n) is 10.0. The Bertz CT molecular complexity index is 256. The molecule has 0 bridgehead atoms. The third kappa shape index (κ3) is 4.93. The summed E-state index contributed by atoms with van der Waals surface area (Å²) in [5, 5.41) is 3.03. The second-order valence-electron chi connectivity index (χ2n) is 4.38. The van der Waals surface area contributed by atoms with E-state index in [-0.39, 0.29) is 24.9 Å². The second kappa shape index (κ2) is 6.23. The fourth-order valence-electron chi connectivity index (χ4n) is 1.90. The first-order valence-corrected chi connectivity index (χ1v) is 6.03. The summed E-state index contributed by atoms with van der Waals surface area (Å²) in [6.07, 6.45) is -2.23. The van der Waals surface area contributed by atoms with Gasteiger partial charge in [-0.2, -0.15) is 13.2 Å². The van der Waals surface area contributed by atoms with Gasteiger partial charge in [-0.05, 0) is 12.8 Å². The van der Waals surface area contributed by atoms with E-state index in [2.05, 4.69) is 5.32 Å². The van der Waals surface area contributed by atoms with Crippen molar-refractivity contribution < 1.29 is 18.0 Å². The lowest BCUT2D eigenvalue weighted by Gasteiger charge is -2.15. The van der Waals surface area contributed by atoms with Gasteiger partial charge in [-0.3, -0.25) is 10.1 Å². The van der Waals surface area contributed by atoms with Crippen molar-refractivity contribution >= 4 is 5.91 Å². The highest BCUT2D eigenvalue weighted by atomic mass is 19.4. The smallest absolute Gasteiger partial charge is 0.329 e. The monoisotopic (exact) mass is 252 g/mol. The van der Waals surface area contributed by atoms with Crippen molar-refractivity contribution in [2.75, 3.05) is 13.2 Å². The molecule has 1 saturated heterocycles. The number of carbonyl (C=O) groups is 1. The van der Waals surface area contributed by atoms with Crippen LogP contribution in [0.2, 0.25) is 0 Å². The van der Waals surface area contributed by atoms with Crippen LogP contribution in [0.3, 0.4) is 0 Å². The van der Waals surface area contributed by atoms with Gasteiger partial charge < -0.3 is 4.90 Å². The summed E-state index contributed by atoms with van der Waals surface area (Å²) in [5.74, 6) is -0.0550. The predicted octanol–water partition coefficient (Wildman–Crippen LogP) is 2.28. The quantitative estimate of drug-likeness (QED) is 0.786. The molecular weight excluding hydrogens is 233 g/mol. The van der Waals surface area contributed by atoms with E-state index in [0.717, 1.165) is 19.3 Å². The Morgan fingerprint density at radius 3 is 2.71 bits per heavy atom. The lowest BCUT2D eigenvalue weighted by atomic mass is 10.1. The Labute approximate surface area is 99.4 Å². The number of nitrogens with zero attached hydrogens (tertiary/aromatic N) is 1. The third-order valence-electron chi connectivity index (χ3n) is 2.87. The zero-order chi connectivity index (χ0) is 12.9. The summed E-state index contributed by atoms with van der Waals surface area (Å²) in [4.78, 5) is 13.2. The number of halogens is 3. The second-order valence-corrected chi connectivity index (χ2v) is 4.38. The Morgan fingerprint density at radius 1 is 1.41 bits per heavy atom. The highest BCUT2D eigenvalue weighted by Crippen LogP contribution is 2.22. The SMILES string of the molecule is CCCCC1NCN(CCCC(F)(F)F)C1=O. The van der Waals surface area contributed by atoms with Crippen molar-refractivity contribution in [3.63, 3.8) is 0 Å². The molecule has 0 spiro atoms. The average molecular weight is 252 g/mol. The average Bonchev–Trinajstić information content (AvgIpc) is 2.56. The van der Waals surface area contributed by atoms with Crippen molar-refractivity contribution in [1.29, 1.82) is 0 Å². The van der Waals surface area contributed by atoms with Gasteiger partial charge in [-0.1, -0.05) is 19.8 Å². The van der Waals surface area contributed by atoms with Gasteiger partial charge in [-0.15, -0.1) is 0 Å². The number of carbonyl (C=O) groups excluding carboxylic acids is 1. The zero-order valence-corrected chi connectivity index (χ0v) is 10.0. The van der Waals surface area contributed by atoms with E-state index in [1.165, 1.54) is 4.90 Å². The first kappa shape index (κ1) is 14.3. The van der Waals surface area contributed by atoms with Gasteiger partial charge in [0.15, 0.2) is 0 Å². The van der Waals surface area contributed by atoms with Crippen LogP contribution < -0.4 is 5.32 Å². The molecule has 1 aliphatic heterocycles. The molecule has 1 unspecified atom stereocenters. The Kier molecular flexibility index (Phi) is 5.24. The molecule has 0 radical (unpaired) electrons. The molecule has 1 N–H and O–H groups in total. The summed E-state index contributed by atoms with van der Waals surface area (Å²) >= 11 is 0. The summed E-state index contributed by atoms with van der Waals surface area (Å²) in [6, 6.07) is -0.194. The maximum absolute atomic E-state index is 12.0. The normalized spacial score (nSPS) is 21.3. The molecular formula is C11H19F3N2O. The van der Waals surface area contributed by atoms with Crippen LogP contribution in [0.15, 0.2) is 0 Å². The molecule has 100 valence electrons. The largest absolute Gasteiger partial charge is 0.389 e. The highest BCUT2D eigenvalue weighted by molar-refractivity contribution is 5.83. The Balaban J connectivity index is 2.25. The minimum atomic E-state index is -4.13. The molecule has 1 aliphatic rings. The van der Waals surface area contributed by atoms with Gasteiger partial charge >= 0.3 is 6.18 Å². The van der Waals surface area contributed by atoms with Gasteiger partial charge in [0.2, 0.25) is 5.91 Å². The number of unbranched alkanes of at least 4 members (excludes halogenated alkanes) is 1. The van der Waals surface area contributed by atoms with Gasteiger partial charge in [0, 0.05) is 13.0 Å². The highest BCUT2D eigenvalue weighted by Gasteiger charge is 2.31. The molecule has 3 nitrogen and oxygen atoms in total. The lowest BCUT2D eigenvalue weighted by Crippen LogP contribution is -2.31. The van der Waals surface area contributed by atoms with Crippen LogP contribution in [0.5, 0.6) is 0 Å². The fraction of sp³-hybridized carbons (Fsp3) is 0.909. The van der Waals surface area contributed by atoms with E-state index in [0.29, 0.717) is 6.67 Å². The van der Waals surface area contributed by atoms with Crippen molar-refractivity contribution in [1.82, 2.24) is 10.2 Å². The van der Waals surface area contributed by atoms with Gasteiger partial charge in [0.25, 0.3) is 0 Å². The molecule has 6 heteroatoms. The van der Waals surface area contributed by atoms with Gasteiger partial charge in [-0.25, -0.2) is 0 Å². The molecule has 0 aliphatic carbocycles. The van der Waals surface area contributed by atoms with Crippen LogP contribution in [0.1, 0.15) is 39.0 Å². The van der Waals surface area contributed by atoms with Crippen LogP contribution in [-0.4, -0.2) is 36.2 Å². The Morgan fingerprint density at radius 2 is 2.12 bits per heavy atom. The van der Waals surface area contributed by atoms with E-state index < -0.39 is 12.6 Å². The van der Waals surface area contributed by atoms with E-state index in [1.807, 2.05) is 6.92 Å². The third-order valence-corrected chi connectivity index (χ3v) is 2.87.